The molecule has 1 rings (SSSR count). The molecule has 11 heavy (non-hydrogen) atoms. The summed E-state index contributed by atoms with van der Waals surface area (Å²) in [6, 6.07) is 2.80. The Kier molecular flexibility index (Phi) is 1.86. The van der Waals surface area contributed by atoms with Gasteiger partial charge in [-0.05, 0) is 12.1 Å². The minimum atomic E-state index is -0.940. The van der Waals surface area contributed by atoms with Crippen molar-refractivity contribution in [2.75, 3.05) is 0 Å². The van der Waals surface area contributed by atoms with Gasteiger partial charge < -0.3 is 4.42 Å². The van der Waals surface area contributed by atoms with Crippen LogP contribution >= 0.6 is 0 Å². The minimum Gasteiger partial charge on any atom is -0.459 e. The first-order valence-corrected chi connectivity index (χ1v) is 2.69. The number of carbonyl (C=O) groups is 1. The molecule has 1 N–H and O–H groups in total. The van der Waals surface area contributed by atoms with Crippen LogP contribution in [0.4, 0.5) is 0 Å². The number of furan rings is 1. The summed E-state index contributed by atoms with van der Waals surface area (Å²) in [4.78, 5) is 20.4. The van der Waals surface area contributed by atoms with Gasteiger partial charge in [-0.3, -0.25) is 4.79 Å². The van der Waals surface area contributed by atoms with Crippen LogP contribution in [0.1, 0.15) is 10.6 Å². The Labute approximate surface area is 60.9 Å². The van der Waals surface area contributed by atoms with Crippen LogP contribution in [0.25, 0.3) is 0 Å². The molecule has 0 aromatic carbocycles. The van der Waals surface area contributed by atoms with Crippen LogP contribution in [0.3, 0.4) is 0 Å². The molecule has 0 bridgehead atoms. The smallest absolute Gasteiger partial charge is 0.345 e. The maximum Gasteiger partial charge on any atom is 0.345 e. The molecule has 1 heterocycles. The summed E-state index contributed by atoms with van der Waals surface area (Å²) >= 11 is 0. The van der Waals surface area contributed by atoms with E-state index in [1.54, 1.807) is 0 Å². The Morgan fingerprint density at radius 1 is 1.73 bits per heavy atom. The monoisotopic (exact) mass is 156 g/mol. The maximum absolute atomic E-state index is 10.7. The maximum atomic E-state index is 10.7. The number of carbonyl (C=O) groups excluding carboxylic acids is 1. The van der Waals surface area contributed by atoms with Gasteiger partial charge in [0.2, 0.25) is 0 Å². The van der Waals surface area contributed by atoms with Gasteiger partial charge in [-0.25, -0.2) is 10.1 Å². The first-order chi connectivity index (χ1) is 5.20. The predicted molar refractivity (Wildman–Crippen MR) is 33.2 cm³/mol. The van der Waals surface area contributed by atoms with E-state index in [1.165, 1.54) is 23.8 Å². The van der Waals surface area contributed by atoms with Crippen LogP contribution in [-0.4, -0.2) is 10.9 Å². The number of nitrogens with one attached hydrogen (secondary N) is 1. The largest absolute Gasteiger partial charge is 0.459 e. The quantitative estimate of drug-likeness (QED) is 0.489. The summed E-state index contributed by atoms with van der Waals surface area (Å²) in [6.07, 6.45) is 1.26. The summed E-state index contributed by atoms with van der Waals surface area (Å²) in [7, 11) is 0. The number of hydrazine groups is 1. The zero-order chi connectivity index (χ0) is 8.27. The zero-order valence-electron chi connectivity index (χ0n) is 5.31. The highest BCUT2D eigenvalue weighted by atomic mass is 16.7. The first-order valence-electron chi connectivity index (χ1n) is 2.69. The van der Waals surface area contributed by atoms with Gasteiger partial charge in [0.25, 0.3) is 0 Å². The second kappa shape index (κ2) is 2.82. The average Bonchev–Trinajstić information content (AvgIpc) is 2.35. The predicted octanol–water partition coefficient (Wildman–Crippen LogP) is 0.201. The second-order valence-electron chi connectivity index (χ2n) is 1.68. The lowest BCUT2D eigenvalue weighted by Gasteiger charge is -1.89. The third-order valence-corrected chi connectivity index (χ3v) is 0.938. The van der Waals surface area contributed by atoms with E-state index < -0.39 is 10.9 Å². The SMILES string of the molecule is O=C(N[N+](=O)[O-])c1ccco1. The molecule has 0 saturated heterocycles. The third kappa shape index (κ3) is 1.78. The van der Waals surface area contributed by atoms with Gasteiger partial charge in [0, 0.05) is 0 Å². The van der Waals surface area contributed by atoms with E-state index >= 15 is 0 Å². The van der Waals surface area contributed by atoms with Gasteiger partial charge in [-0.2, -0.15) is 0 Å². The highest BCUT2D eigenvalue weighted by Crippen LogP contribution is 1.98. The Balaban J connectivity index is 2.64. The summed E-state index contributed by atoms with van der Waals surface area (Å²) in [5, 5.41) is 8.80. The molecule has 1 amide bonds. The van der Waals surface area contributed by atoms with Gasteiger partial charge in [-0.1, -0.05) is 5.43 Å². The van der Waals surface area contributed by atoms with E-state index in [0.29, 0.717) is 0 Å². The Bertz CT molecular complexity index is 266. The molecule has 6 heteroatoms. The van der Waals surface area contributed by atoms with Crippen LogP contribution < -0.4 is 5.43 Å². The van der Waals surface area contributed by atoms with Crippen molar-refractivity contribution < 1.29 is 14.2 Å². The molecule has 0 radical (unpaired) electrons. The summed E-state index contributed by atoms with van der Waals surface area (Å²) in [5.74, 6) is -0.943. The van der Waals surface area contributed by atoms with Crippen LogP contribution in [0.2, 0.25) is 0 Å². The Morgan fingerprint density at radius 2 is 2.45 bits per heavy atom. The lowest BCUT2D eigenvalue weighted by atomic mass is 10.4. The van der Waals surface area contributed by atoms with Crippen LogP contribution in [-0.2, 0) is 0 Å². The topological polar surface area (TPSA) is 85.4 Å². The Morgan fingerprint density at radius 3 is 2.91 bits per heavy atom. The molecule has 0 aliphatic rings. The molecule has 0 fully saturated rings. The average molecular weight is 156 g/mol. The van der Waals surface area contributed by atoms with Crippen LogP contribution in [0.15, 0.2) is 22.8 Å². The van der Waals surface area contributed by atoms with Crippen molar-refractivity contribution in [3.63, 3.8) is 0 Å². The van der Waals surface area contributed by atoms with Crippen LogP contribution in [0.5, 0.6) is 0 Å². The van der Waals surface area contributed by atoms with Crippen LogP contribution in [0, 0.1) is 10.1 Å². The molecular weight excluding hydrogens is 152 g/mol. The number of hydrogen-bond acceptors (Lipinski definition) is 4. The molecule has 0 unspecified atom stereocenters. The molecular formula is C5H4N2O4. The van der Waals surface area contributed by atoms with Gasteiger partial charge in [-0.15, -0.1) is 0 Å². The fourth-order valence-corrected chi connectivity index (χ4v) is 0.546. The Hall–Kier alpha value is -1.85. The van der Waals surface area contributed by atoms with E-state index in [9.17, 15) is 14.9 Å². The normalized spacial score (nSPS) is 9.09. The van der Waals surface area contributed by atoms with Crippen molar-refractivity contribution in [2.45, 2.75) is 0 Å². The van der Waals surface area contributed by atoms with Crippen molar-refractivity contribution in [1.82, 2.24) is 5.43 Å². The lowest BCUT2D eigenvalue weighted by molar-refractivity contribution is -0.527. The standard InChI is InChI=1S/C5H4N2O4/c8-5(6-7(9)10)4-2-1-3-11-4/h1-3H,(H,6,8). The van der Waals surface area contributed by atoms with E-state index in [0.717, 1.165) is 0 Å². The first kappa shape index (κ1) is 7.26. The van der Waals surface area contributed by atoms with Gasteiger partial charge >= 0.3 is 5.91 Å². The van der Waals surface area contributed by atoms with Crippen molar-refractivity contribution in [2.24, 2.45) is 0 Å². The number of amides is 1. The number of nitrogens with zero attached hydrogens (tertiary/aromatic N) is 1. The van der Waals surface area contributed by atoms with E-state index in [-0.39, 0.29) is 5.76 Å². The molecule has 1 aromatic heterocycles. The highest BCUT2D eigenvalue weighted by Gasteiger charge is 2.12. The minimum absolute atomic E-state index is 0.0818. The van der Waals surface area contributed by atoms with Gasteiger partial charge in [0.1, 0.15) is 0 Å². The fourth-order valence-electron chi connectivity index (χ4n) is 0.546. The molecule has 0 aliphatic heterocycles. The summed E-state index contributed by atoms with van der Waals surface area (Å²) in [6.45, 7) is 0. The summed E-state index contributed by atoms with van der Waals surface area (Å²) in [5.41, 5.74) is 1.43. The molecule has 0 saturated carbocycles. The molecule has 58 valence electrons. The van der Waals surface area contributed by atoms with Gasteiger partial charge in [0.05, 0.1) is 6.26 Å². The molecule has 0 aliphatic carbocycles. The van der Waals surface area contributed by atoms with Crippen molar-refractivity contribution in [1.29, 1.82) is 0 Å². The third-order valence-electron chi connectivity index (χ3n) is 0.938. The lowest BCUT2D eigenvalue weighted by Crippen LogP contribution is -2.28. The van der Waals surface area contributed by atoms with Crippen molar-refractivity contribution in [3.8, 4) is 0 Å². The molecule has 1 aromatic rings. The molecule has 0 atom stereocenters. The zero-order valence-corrected chi connectivity index (χ0v) is 5.31. The fraction of sp³-hybridized carbons (Fsp3) is 0. The van der Waals surface area contributed by atoms with Crippen molar-refractivity contribution >= 4 is 5.91 Å². The molecule has 0 spiro atoms. The number of nitro groups is 1. The highest BCUT2D eigenvalue weighted by molar-refractivity contribution is 5.90. The van der Waals surface area contributed by atoms with E-state index in [1.807, 2.05) is 0 Å². The second-order valence-corrected chi connectivity index (χ2v) is 1.68. The van der Waals surface area contributed by atoms with Crippen molar-refractivity contribution in [3.05, 3.63) is 34.3 Å². The van der Waals surface area contributed by atoms with E-state index in [4.69, 9.17) is 0 Å². The number of hydrogen-bond donors (Lipinski definition) is 1. The number of rotatable bonds is 2. The molecule has 6 nitrogen and oxygen atoms in total. The van der Waals surface area contributed by atoms with Gasteiger partial charge in [0.15, 0.2) is 10.8 Å². The summed E-state index contributed by atoms with van der Waals surface area (Å²) < 4.78 is 4.58. The van der Waals surface area contributed by atoms with E-state index in [2.05, 4.69) is 4.42 Å².